The monoisotopic (exact) mass is 570 g/mol. The van der Waals surface area contributed by atoms with E-state index in [-0.39, 0.29) is 40.7 Å². The van der Waals surface area contributed by atoms with Gasteiger partial charge in [0.1, 0.15) is 12.4 Å². The molecule has 0 atom stereocenters. The Bertz CT molecular complexity index is 1630. The van der Waals surface area contributed by atoms with Gasteiger partial charge in [-0.1, -0.05) is 36.4 Å². The zero-order valence-corrected chi connectivity index (χ0v) is 23.2. The highest BCUT2D eigenvalue weighted by Crippen LogP contribution is 2.44. The molecule has 0 bridgehead atoms. The molecule has 3 aromatic rings. The van der Waals surface area contributed by atoms with Crippen molar-refractivity contribution in [3.63, 3.8) is 0 Å². The Morgan fingerprint density at radius 3 is 1.78 bits per heavy atom. The molecule has 0 aliphatic carbocycles. The summed E-state index contributed by atoms with van der Waals surface area (Å²) in [5.41, 5.74) is 1.93. The van der Waals surface area contributed by atoms with Crippen LogP contribution in [0.2, 0.25) is 0 Å². The van der Waals surface area contributed by atoms with Gasteiger partial charge in [-0.3, -0.25) is 0 Å². The topological polar surface area (TPSA) is 139 Å². The summed E-state index contributed by atoms with van der Waals surface area (Å²) in [7, 11) is -11.9. The van der Waals surface area contributed by atoms with Crippen molar-refractivity contribution in [3.8, 4) is 34.1 Å². The molecule has 0 saturated heterocycles. The molecule has 0 aliphatic heterocycles. The molecule has 0 saturated carbocycles. The second-order valence-electron chi connectivity index (χ2n) is 8.32. The van der Waals surface area contributed by atoms with Gasteiger partial charge in [-0.05, 0) is 48.7 Å². The lowest BCUT2D eigenvalue weighted by Crippen LogP contribution is -2.12. The van der Waals surface area contributed by atoms with E-state index in [9.17, 15) is 25.3 Å². The van der Waals surface area contributed by atoms with Gasteiger partial charge in [0, 0.05) is 11.1 Å². The Hall–Kier alpha value is -3.29. The Balaban J connectivity index is 2.18. The maximum Gasteiger partial charge on any atom is 0.306 e. The molecule has 10 nitrogen and oxygen atoms in total. The van der Waals surface area contributed by atoms with Crippen molar-refractivity contribution in [2.45, 2.75) is 20.5 Å². The highest BCUT2D eigenvalue weighted by Gasteiger charge is 2.24. The normalized spacial score (nSPS) is 12.1. The van der Waals surface area contributed by atoms with E-state index in [0.717, 1.165) is 24.3 Å². The standard InChI is InChI=1S/C24H26O10S3/c1-16-13-21(32-35(3,25)26)17(2)24(34-37(5,29)30)23(16)19-11-12-20(22(14-19)33-36(4,27)28)31-15-18-9-7-6-8-10-18/h6-14H,15H2,1-5H3. The summed E-state index contributed by atoms with van der Waals surface area (Å²) < 4.78 is 92.7. The maximum absolute atomic E-state index is 12.1. The van der Waals surface area contributed by atoms with Crippen molar-refractivity contribution in [2.24, 2.45) is 0 Å². The van der Waals surface area contributed by atoms with Crippen LogP contribution in [-0.2, 0) is 37.0 Å². The van der Waals surface area contributed by atoms with Crippen LogP contribution in [0.15, 0.2) is 54.6 Å². The summed E-state index contributed by atoms with van der Waals surface area (Å²) in [5.74, 6) is -0.285. The molecule has 0 spiro atoms. The molecule has 37 heavy (non-hydrogen) atoms. The first-order valence-corrected chi connectivity index (χ1v) is 16.1. The van der Waals surface area contributed by atoms with Gasteiger partial charge in [0.05, 0.1) is 18.8 Å². The van der Waals surface area contributed by atoms with Gasteiger partial charge in [-0.25, -0.2) is 0 Å². The van der Waals surface area contributed by atoms with E-state index in [1.807, 2.05) is 30.3 Å². The molecule has 0 N–H and O–H groups in total. The van der Waals surface area contributed by atoms with E-state index < -0.39 is 30.4 Å². The van der Waals surface area contributed by atoms with Crippen LogP contribution in [0.4, 0.5) is 0 Å². The SMILES string of the molecule is Cc1cc(OS(C)(=O)=O)c(C)c(OS(C)(=O)=O)c1-c1ccc(OCc2ccccc2)c(OS(C)(=O)=O)c1. The van der Waals surface area contributed by atoms with Crippen LogP contribution in [0.5, 0.6) is 23.0 Å². The first kappa shape index (κ1) is 28.3. The maximum atomic E-state index is 12.1. The van der Waals surface area contributed by atoms with E-state index in [4.69, 9.17) is 17.3 Å². The molecule has 0 amide bonds. The molecule has 0 aliphatic rings. The predicted octanol–water partition coefficient (Wildman–Crippen LogP) is 3.56. The van der Waals surface area contributed by atoms with Gasteiger partial charge < -0.3 is 17.3 Å². The number of hydrogen-bond donors (Lipinski definition) is 0. The van der Waals surface area contributed by atoms with E-state index in [0.29, 0.717) is 11.1 Å². The number of hydrogen-bond acceptors (Lipinski definition) is 10. The molecule has 13 heteroatoms. The number of ether oxygens (including phenoxy) is 1. The van der Waals surface area contributed by atoms with Crippen LogP contribution in [-0.4, -0.2) is 44.0 Å². The minimum Gasteiger partial charge on any atom is -0.485 e. The van der Waals surface area contributed by atoms with E-state index in [1.54, 1.807) is 13.0 Å². The Morgan fingerprint density at radius 2 is 1.22 bits per heavy atom. The number of aryl methyl sites for hydroxylation is 1. The summed E-state index contributed by atoms with van der Waals surface area (Å²) >= 11 is 0. The van der Waals surface area contributed by atoms with E-state index in [2.05, 4.69) is 0 Å². The lowest BCUT2D eigenvalue weighted by molar-refractivity contribution is 0.296. The van der Waals surface area contributed by atoms with Crippen LogP contribution < -0.4 is 17.3 Å². The Morgan fingerprint density at radius 1 is 0.649 bits per heavy atom. The molecule has 0 unspecified atom stereocenters. The van der Waals surface area contributed by atoms with Crippen molar-refractivity contribution in [1.29, 1.82) is 0 Å². The third kappa shape index (κ3) is 8.10. The summed E-state index contributed by atoms with van der Waals surface area (Å²) in [5, 5.41) is 0. The average molecular weight is 571 g/mol. The van der Waals surface area contributed by atoms with Crippen molar-refractivity contribution in [1.82, 2.24) is 0 Å². The average Bonchev–Trinajstić information content (AvgIpc) is 2.74. The highest BCUT2D eigenvalue weighted by molar-refractivity contribution is 7.86. The van der Waals surface area contributed by atoms with Gasteiger partial charge in [0.2, 0.25) is 0 Å². The highest BCUT2D eigenvalue weighted by atomic mass is 32.2. The molecule has 0 heterocycles. The molecule has 0 aromatic heterocycles. The van der Waals surface area contributed by atoms with Gasteiger partial charge in [0.25, 0.3) is 0 Å². The fourth-order valence-electron chi connectivity index (χ4n) is 3.47. The fraction of sp³-hybridized carbons (Fsp3) is 0.250. The minimum atomic E-state index is -4.05. The van der Waals surface area contributed by atoms with Gasteiger partial charge in [-0.2, -0.15) is 25.3 Å². The summed E-state index contributed by atoms with van der Waals surface area (Å²) in [4.78, 5) is 0. The first-order valence-electron chi connectivity index (χ1n) is 10.7. The second-order valence-corrected chi connectivity index (χ2v) is 13.0. The Labute approximate surface area is 217 Å². The van der Waals surface area contributed by atoms with Crippen LogP contribution in [0.3, 0.4) is 0 Å². The zero-order chi connectivity index (χ0) is 27.6. The third-order valence-corrected chi connectivity index (χ3v) is 6.30. The molecular formula is C24H26O10S3. The lowest BCUT2D eigenvalue weighted by atomic mass is 9.96. The van der Waals surface area contributed by atoms with Crippen molar-refractivity contribution < 1.29 is 42.5 Å². The zero-order valence-electron chi connectivity index (χ0n) is 20.7. The molecule has 3 rings (SSSR count). The van der Waals surface area contributed by atoms with Crippen LogP contribution in [0.25, 0.3) is 11.1 Å². The van der Waals surface area contributed by atoms with Gasteiger partial charge in [0.15, 0.2) is 17.2 Å². The van der Waals surface area contributed by atoms with E-state index >= 15 is 0 Å². The van der Waals surface area contributed by atoms with Gasteiger partial charge in [-0.15, -0.1) is 0 Å². The van der Waals surface area contributed by atoms with Crippen molar-refractivity contribution >= 4 is 30.4 Å². The van der Waals surface area contributed by atoms with Crippen LogP contribution >= 0.6 is 0 Å². The molecule has 200 valence electrons. The Kier molecular flexibility index (Phi) is 8.10. The van der Waals surface area contributed by atoms with Crippen molar-refractivity contribution in [2.75, 3.05) is 18.8 Å². The van der Waals surface area contributed by atoms with Gasteiger partial charge >= 0.3 is 30.4 Å². The van der Waals surface area contributed by atoms with Crippen LogP contribution in [0.1, 0.15) is 16.7 Å². The number of benzene rings is 3. The summed E-state index contributed by atoms with van der Waals surface area (Å²) in [6.45, 7) is 3.17. The number of rotatable bonds is 10. The largest absolute Gasteiger partial charge is 0.485 e. The van der Waals surface area contributed by atoms with Crippen LogP contribution in [0, 0.1) is 13.8 Å². The third-order valence-electron chi connectivity index (χ3n) is 4.87. The molecule has 0 fully saturated rings. The summed E-state index contributed by atoms with van der Waals surface area (Å²) in [6.07, 6.45) is 2.58. The minimum absolute atomic E-state index is 0.103. The first-order chi connectivity index (χ1) is 17.0. The lowest BCUT2D eigenvalue weighted by Gasteiger charge is -2.19. The molecule has 3 aromatic carbocycles. The molecule has 0 radical (unpaired) electrons. The van der Waals surface area contributed by atoms with E-state index in [1.165, 1.54) is 25.1 Å². The smallest absolute Gasteiger partial charge is 0.306 e. The predicted molar refractivity (Wildman–Crippen MR) is 139 cm³/mol. The second kappa shape index (κ2) is 10.6. The molecular weight excluding hydrogens is 544 g/mol. The summed E-state index contributed by atoms with van der Waals surface area (Å²) in [6, 6.07) is 15.0. The fourth-order valence-corrected chi connectivity index (χ4v) is 4.93. The quantitative estimate of drug-likeness (QED) is 0.332. The van der Waals surface area contributed by atoms with Crippen molar-refractivity contribution in [3.05, 3.63) is 71.3 Å².